The number of benzene rings is 1. The SMILES string of the molecule is CCc1cc(COS(C)(=O)=O)cc(N(C)CCCC(=O)OC)c1. The Bertz CT molecular complexity index is 627. The molecule has 1 aromatic carbocycles. The molecule has 0 aliphatic carbocycles. The lowest BCUT2D eigenvalue weighted by molar-refractivity contribution is -0.140. The zero-order chi connectivity index (χ0) is 17.5. The predicted molar refractivity (Wildman–Crippen MR) is 90.0 cm³/mol. The average Bonchev–Trinajstić information content (AvgIpc) is 2.51. The molecule has 0 amide bonds. The number of rotatable bonds is 9. The summed E-state index contributed by atoms with van der Waals surface area (Å²) in [5.41, 5.74) is 2.89. The predicted octanol–water partition coefficient (Wildman–Crippen LogP) is 2.11. The Morgan fingerprint density at radius 3 is 2.43 bits per heavy atom. The average molecular weight is 343 g/mol. The Labute approximate surface area is 138 Å². The Morgan fingerprint density at radius 2 is 1.87 bits per heavy atom. The second kappa shape index (κ2) is 8.88. The van der Waals surface area contributed by atoms with Crippen LogP contribution >= 0.6 is 0 Å². The van der Waals surface area contributed by atoms with Crippen molar-refractivity contribution in [3.63, 3.8) is 0 Å². The van der Waals surface area contributed by atoms with Crippen LogP contribution in [0.4, 0.5) is 5.69 Å². The summed E-state index contributed by atoms with van der Waals surface area (Å²) in [5.74, 6) is -0.219. The topological polar surface area (TPSA) is 72.9 Å². The minimum atomic E-state index is -3.47. The Balaban J connectivity index is 2.78. The van der Waals surface area contributed by atoms with E-state index in [0.717, 1.165) is 29.5 Å². The number of carbonyl (C=O) groups excluding carboxylic acids is 1. The van der Waals surface area contributed by atoms with Crippen LogP contribution in [0.5, 0.6) is 0 Å². The summed E-state index contributed by atoms with van der Waals surface area (Å²) in [6.45, 7) is 2.77. The molecule has 0 atom stereocenters. The van der Waals surface area contributed by atoms with Crippen molar-refractivity contribution in [2.75, 3.05) is 31.9 Å². The molecule has 6 nitrogen and oxygen atoms in total. The van der Waals surface area contributed by atoms with Gasteiger partial charge in [-0.3, -0.25) is 8.98 Å². The van der Waals surface area contributed by atoms with E-state index in [0.29, 0.717) is 19.4 Å². The first-order valence-electron chi connectivity index (χ1n) is 7.50. The van der Waals surface area contributed by atoms with Crippen molar-refractivity contribution in [2.24, 2.45) is 0 Å². The van der Waals surface area contributed by atoms with Gasteiger partial charge in [0.05, 0.1) is 20.0 Å². The number of aryl methyl sites for hydroxylation is 1. The molecular weight excluding hydrogens is 318 g/mol. The molecule has 0 fully saturated rings. The van der Waals surface area contributed by atoms with E-state index < -0.39 is 10.1 Å². The molecule has 23 heavy (non-hydrogen) atoms. The maximum atomic E-state index is 11.1. The van der Waals surface area contributed by atoms with Crippen LogP contribution in [0.25, 0.3) is 0 Å². The fraction of sp³-hybridized carbons (Fsp3) is 0.562. The van der Waals surface area contributed by atoms with E-state index in [9.17, 15) is 13.2 Å². The summed E-state index contributed by atoms with van der Waals surface area (Å²) in [6, 6.07) is 5.90. The molecule has 0 heterocycles. The maximum Gasteiger partial charge on any atom is 0.305 e. The Morgan fingerprint density at radius 1 is 1.22 bits per heavy atom. The van der Waals surface area contributed by atoms with E-state index in [4.69, 9.17) is 4.18 Å². The highest BCUT2D eigenvalue weighted by Gasteiger charge is 2.09. The summed E-state index contributed by atoms with van der Waals surface area (Å²) in [4.78, 5) is 13.2. The van der Waals surface area contributed by atoms with Gasteiger partial charge < -0.3 is 9.64 Å². The lowest BCUT2D eigenvalue weighted by atomic mass is 10.1. The highest BCUT2D eigenvalue weighted by Crippen LogP contribution is 2.20. The fourth-order valence-corrected chi connectivity index (χ4v) is 2.47. The van der Waals surface area contributed by atoms with E-state index in [-0.39, 0.29) is 12.6 Å². The second-order valence-corrected chi connectivity index (χ2v) is 7.07. The molecule has 0 aromatic heterocycles. The highest BCUT2D eigenvalue weighted by atomic mass is 32.2. The molecule has 130 valence electrons. The summed E-state index contributed by atoms with van der Waals surface area (Å²) < 4.78 is 31.8. The van der Waals surface area contributed by atoms with Crippen molar-refractivity contribution in [2.45, 2.75) is 32.8 Å². The fourth-order valence-electron chi connectivity index (χ4n) is 2.12. The summed E-state index contributed by atoms with van der Waals surface area (Å²) in [6.07, 6.45) is 2.94. The van der Waals surface area contributed by atoms with Gasteiger partial charge >= 0.3 is 5.97 Å². The zero-order valence-corrected chi connectivity index (χ0v) is 15.0. The highest BCUT2D eigenvalue weighted by molar-refractivity contribution is 7.85. The van der Waals surface area contributed by atoms with Crippen LogP contribution in [0, 0.1) is 0 Å². The number of nitrogens with zero attached hydrogens (tertiary/aromatic N) is 1. The number of methoxy groups -OCH3 is 1. The number of carbonyl (C=O) groups is 1. The van der Waals surface area contributed by atoms with Crippen molar-refractivity contribution >= 4 is 21.8 Å². The standard InChI is InChI=1S/C16H25NO5S/c1-5-13-9-14(12-22-23(4,19)20)11-15(10-13)17(2)8-6-7-16(18)21-3/h9-11H,5-8,12H2,1-4H3. The van der Waals surface area contributed by atoms with Gasteiger partial charge in [-0.2, -0.15) is 8.42 Å². The molecule has 0 spiro atoms. The lowest BCUT2D eigenvalue weighted by Crippen LogP contribution is -2.20. The molecular formula is C16H25NO5S. The van der Waals surface area contributed by atoms with Crippen molar-refractivity contribution in [1.29, 1.82) is 0 Å². The van der Waals surface area contributed by atoms with E-state index in [1.165, 1.54) is 7.11 Å². The lowest BCUT2D eigenvalue weighted by Gasteiger charge is -2.21. The van der Waals surface area contributed by atoms with Crippen molar-refractivity contribution in [3.8, 4) is 0 Å². The van der Waals surface area contributed by atoms with Gasteiger partial charge in [0, 0.05) is 25.7 Å². The molecule has 0 unspecified atom stereocenters. The normalized spacial score (nSPS) is 11.3. The summed E-state index contributed by atoms with van der Waals surface area (Å²) >= 11 is 0. The van der Waals surface area contributed by atoms with Gasteiger partial charge in [-0.05, 0) is 36.1 Å². The van der Waals surface area contributed by atoms with Gasteiger partial charge in [-0.15, -0.1) is 0 Å². The van der Waals surface area contributed by atoms with Crippen LogP contribution in [0.3, 0.4) is 0 Å². The van der Waals surface area contributed by atoms with Crippen LogP contribution < -0.4 is 4.90 Å². The van der Waals surface area contributed by atoms with Gasteiger partial charge in [0.25, 0.3) is 10.1 Å². The third kappa shape index (κ3) is 7.47. The van der Waals surface area contributed by atoms with Gasteiger partial charge in [0.1, 0.15) is 0 Å². The van der Waals surface area contributed by atoms with Crippen LogP contribution in [0.1, 0.15) is 30.9 Å². The van der Waals surface area contributed by atoms with Crippen molar-refractivity contribution in [3.05, 3.63) is 29.3 Å². The van der Waals surface area contributed by atoms with Gasteiger partial charge in [0.15, 0.2) is 0 Å². The minimum absolute atomic E-state index is 0.0235. The van der Waals surface area contributed by atoms with E-state index in [2.05, 4.69) is 10.8 Å². The number of hydrogen-bond donors (Lipinski definition) is 0. The second-order valence-electron chi connectivity index (χ2n) is 5.43. The summed E-state index contributed by atoms with van der Waals surface area (Å²) in [7, 11) is -0.149. The molecule has 7 heteroatoms. The number of ether oxygens (including phenoxy) is 1. The largest absolute Gasteiger partial charge is 0.469 e. The monoisotopic (exact) mass is 343 g/mol. The molecule has 0 radical (unpaired) electrons. The molecule has 0 aliphatic heterocycles. The van der Waals surface area contributed by atoms with Crippen molar-refractivity contribution in [1.82, 2.24) is 0 Å². The Hall–Kier alpha value is -1.60. The molecule has 1 aromatic rings. The molecule has 0 saturated carbocycles. The summed E-state index contributed by atoms with van der Waals surface area (Å²) in [5, 5.41) is 0. The molecule has 0 N–H and O–H groups in total. The van der Waals surface area contributed by atoms with Crippen molar-refractivity contribution < 1.29 is 22.1 Å². The smallest absolute Gasteiger partial charge is 0.305 e. The Kier molecular flexibility index (Phi) is 7.51. The first kappa shape index (κ1) is 19.4. The maximum absolute atomic E-state index is 11.1. The molecule has 0 bridgehead atoms. The van der Waals surface area contributed by atoms with Gasteiger partial charge in [-0.1, -0.05) is 13.0 Å². The van der Waals surface area contributed by atoms with Crippen LogP contribution in [-0.2, 0) is 36.9 Å². The molecule has 0 saturated heterocycles. The van der Waals surface area contributed by atoms with E-state index in [1.807, 2.05) is 31.0 Å². The molecule has 1 rings (SSSR count). The minimum Gasteiger partial charge on any atom is -0.469 e. The van der Waals surface area contributed by atoms with Crippen LogP contribution in [0.15, 0.2) is 18.2 Å². The van der Waals surface area contributed by atoms with Gasteiger partial charge in [0.2, 0.25) is 0 Å². The number of anilines is 1. The first-order valence-corrected chi connectivity index (χ1v) is 9.32. The van der Waals surface area contributed by atoms with Gasteiger partial charge in [-0.25, -0.2) is 0 Å². The van der Waals surface area contributed by atoms with Crippen LogP contribution in [-0.4, -0.2) is 41.3 Å². The van der Waals surface area contributed by atoms with E-state index >= 15 is 0 Å². The number of esters is 1. The first-order chi connectivity index (χ1) is 10.7. The zero-order valence-electron chi connectivity index (χ0n) is 14.2. The third-order valence-electron chi connectivity index (χ3n) is 3.43. The molecule has 0 aliphatic rings. The third-order valence-corrected chi connectivity index (χ3v) is 3.97. The van der Waals surface area contributed by atoms with E-state index in [1.54, 1.807) is 0 Å². The number of hydrogen-bond acceptors (Lipinski definition) is 6. The quantitative estimate of drug-likeness (QED) is 0.505. The van der Waals surface area contributed by atoms with Crippen LogP contribution in [0.2, 0.25) is 0 Å².